The summed E-state index contributed by atoms with van der Waals surface area (Å²) in [7, 11) is 0. The van der Waals surface area contributed by atoms with Gasteiger partial charge in [0.1, 0.15) is 11.4 Å². The van der Waals surface area contributed by atoms with Crippen LogP contribution >= 0.6 is 0 Å². The second-order valence-corrected chi connectivity index (χ2v) is 2.99. The van der Waals surface area contributed by atoms with Crippen LogP contribution in [0.3, 0.4) is 0 Å². The van der Waals surface area contributed by atoms with Gasteiger partial charge in [0.05, 0.1) is 12.2 Å². The summed E-state index contributed by atoms with van der Waals surface area (Å²) in [5.74, 6) is -1.14. The highest BCUT2D eigenvalue weighted by Crippen LogP contribution is 2.08. The Labute approximate surface area is 97.5 Å². The Morgan fingerprint density at radius 3 is 2.76 bits per heavy atom. The van der Waals surface area contributed by atoms with Crippen molar-refractivity contribution < 1.29 is 14.3 Å². The lowest BCUT2D eigenvalue weighted by atomic mass is 10.2. The van der Waals surface area contributed by atoms with Crippen molar-refractivity contribution in [3.05, 3.63) is 23.2 Å². The molecule has 0 saturated carbocycles. The number of carbonyl (C=O) groups excluding carboxylic acids is 2. The minimum atomic E-state index is -0.655. The smallest absolute Gasteiger partial charge is 0.343 e. The van der Waals surface area contributed by atoms with Crippen molar-refractivity contribution in [2.75, 3.05) is 6.61 Å². The Morgan fingerprint density at radius 1 is 1.65 bits per heavy atom. The van der Waals surface area contributed by atoms with Crippen LogP contribution in [0.2, 0.25) is 0 Å². The Morgan fingerprint density at radius 2 is 2.35 bits per heavy atom. The molecule has 0 bridgehead atoms. The van der Waals surface area contributed by atoms with Crippen LogP contribution in [-0.2, 0) is 14.3 Å². The molecule has 17 heavy (non-hydrogen) atoms. The van der Waals surface area contributed by atoms with E-state index >= 15 is 0 Å². The van der Waals surface area contributed by atoms with Crippen molar-refractivity contribution in [3.8, 4) is 0 Å². The number of esters is 1. The van der Waals surface area contributed by atoms with Crippen LogP contribution < -0.4 is 11.1 Å². The molecule has 1 amide bonds. The van der Waals surface area contributed by atoms with E-state index in [0.717, 1.165) is 6.21 Å². The second kappa shape index (κ2) is 5.59. The van der Waals surface area contributed by atoms with Crippen LogP contribution in [-0.4, -0.2) is 30.9 Å². The van der Waals surface area contributed by atoms with Gasteiger partial charge in [-0.05, 0) is 6.92 Å². The highest BCUT2D eigenvalue weighted by Gasteiger charge is 2.16. The predicted octanol–water partition coefficient (Wildman–Crippen LogP) is -0.546. The molecule has 0 atom stereocenters. The van der Waals surface area contributed by atoms with Crippen molar-refractivity contribution in [3.63, 3.8) is 0 Å². The van der Waals surface area contributed by atoms with E-state index < -0.39 is 11.9 Å². The molecule has 1 aliphatic rings. The van der Waals surface area contributed by atoms with Gasteiger partial charge in [-0.15, -0.1) is 0 Å². The first kappa shape index (κ1) is 12.6. The molecule has 1 heterocycles. The number of aliphatic imine (C=N–C) groups is 1. The molecule has 7 heteroatoms. The van der Waals surface area contributed by atoms with Gasteiger partial charge in [-0.3, -0.25) is 4.79 Å². The van der Waals surface area contributed by atoms with Gasteiger partial charge in [-0.2, -0.15) is 0 Å². The van der Waals surface area contributed by atoms with E-state index in [1.54, 1.807) is 6.92 Å². The quantitative estimate of drug-likeness (QED) is 0.345. The number of ether oxygens (including phenoxy) is 1. The van der Waals surface area contributed by atoms with Crippen molar-refractivity contribution >= 4 is 24.3 Å². The molecule has 0 aromatic carbocycles. The molecule has 90 valence electrons. The number of amides is 1. The number of hydrogen-bond acceptors (Lipinski definition) is 6. The van der Waals surface area contributed by atoms with Crippen LogP contribution in [0.25, 0.3) is 0 Å². The van der Waals surface area contributed by atoms with E-state index in [-0.39, 0.29) is 23.6 Å². The van der Waals surface area contributed by atoms with Gasteiger partial charge in [0, 0.05) is 18.6 Å². The zero-order chi connectivity index (χ0) is 12.8. The van der Waals surface area contributed by atoms with E-state index in [0.29, 0.717) is 0 Å². The summed E-state index contributed by atoms with van der Waals surface area (Å²) in [6.45, 7) is 1.86. The summed E-state index contributed by atoms with van der Waals surface area (Å²) in [5.41, 5.74) is 5.19. The average molecular weight is 236 g/mol. The summed E-state index contributed by atoms with van der Waals surface area (Å²) >= 11 is 0. The van der Waals surface area contributed by atoms with Crippen molar-refractivity contribution in [1.82, 2.24) is 5.32 Å². The predicted molar refractivity (Wildman–Crippen MR) is 61.3 cm³/mol. The molecule has 4 N–H and O–H groups in total. The van der Waals surface area contributed by atoms with Crippen molar-refractivity contribution in [2.45, 2.75) is 6.92 Å². The molecule has 1 rings (SSSR count). The highest BCUT2D eigenvalue weighted by molar-refractivity contribution is 6.13. The zero-order valence-corrected chi connectivity index (χ0v) is 9.19. The molecule has 0 saturated heterocycles. The number of hydrogen-bond donors (Lipinski definition) is 3. The number of rotatable bonds is 4. The van der Waals surface area contributed by atoms with Crippen LogP contribution in [0.5, 0.6) is 0 Å². The summed E-state index contributed by atoms with van der Waals surface area (Å²) < 4.78 is 4.75. The van der Waals surface area contributed by atoms with Crippen LogP contribution in [0.1, 0.15) is 6.92 Å². The number of nitrogens with one attached hydrogen (secondary N) is 2. The van der Waals surface area contributed by atoms with E-state index in [9.17, 15) is 9.59 Å². The van der Waals surface area contributed by atoms with E-state index in [4.69, 9.17) is 15.9 Å². The third kappa shape index (κ3) is 3.00. The Kier molecular flexibility index (Phi) is 4.15. The third-order valence-electron chi connectivity index (χ3n) is 1.88. The van der Waals surface area contributed by atoms with Gasteiger partial charge in [0.2, 0.25) is 0 Å². The number of primary amides is 1. The summed E-state index contributed by atoms with van der Waals surface area (Å²) in [4.78, 5) is 26.1. The molecule has 1 aliphatic heterocycles. The average Bonchev–Trinajstić information content (AvgIpc) is 2.31. The Bertz CT molecular complexity index is 448. The minimum Gasteiger partial charge on any atom is -0.462 e. The molecular weight excluding hydrogens is 224 g/mol. The molecule has 0 aromatic heterocycles. The maximum atomic E-state index is 11.4. The fraction of sp³-hybridized carbons (Fsp3) is 0.200. The lowest BCUT2D eigenvalue weighted by Crippen LogP contribution is -2.23. The topological polar surface area (TPSA) is 118 Å². The first-order valence-corrected chi connectivity index (χ1v) is 4.82. The SMILES string of the molecule is CCOC(=O)/C(C=N)=C1\N=CC(C(N)=O)=CN1. The highest BCUT2D eigenvalue weighted by atomic mass is 16.5. The standard InChI is InChI=1S/C10H12N4O3/c1-2-17-10(16)7(3-11)9-13-4-6(5-14-9)8(12)15/h3-5,11,13H,2H2,1H3,(H2,12,15)/b9-7-,11-3?. The first-order chi connectivity index (χ1) is 8.10. The molecule has 0 aromatic rings. The van der Waals surface area contributed by atoms with Crippen molar-refractivity contribution in [2.24, 2.45) is 10.7 Å². The Hall–Kier alpha value is -2.44. The summed E-state index contributed by atoms with van der Waals surface area (Å²) in [5, 5.41) is 9.74. The molecule has 0 spiro atoms. The molecule has 0 fully saturated rings. The van der Waals surface area contributed by atoms with Gasteiger partial charge in [0.15, 0.2) is 0 Å². The van der Waals surface area contributed by atoms with Gasteiger partial charge < -0.3 is 21.2 Å². The summed E-state index contributed by atoms with van der Waals surface area (Å²) in [6, 6.07) is 0. The Balaban J connectivity index is 2.94. The molecular formula is C10H12N4O3. The van der Waals surface area contributed by atoms with Gasteiger partial charge in [-0.1, -0.05) is 0 Å². The molecule has 0 radical (unpaired) electrons. The lowest BCUT2D eigenvalue weighted by molar-refractivity contribution is -0.137. The fourth-order valence-electron chi connectivity index (χ4n) is 1.07. The fourth-order valence-corrected chi connectivity index (χ4v) is 1.07. The van der Waals surface area contributed by atoms with Gasteiger partial charge >= 0.3 is 5.97 Å². The van der Waals surface area contributed by atoms with Crippen LogP contribution in [0.15, 0.2) is 28.2 Å². The zero-order valence-electron chi connectivity index (χ0n) is 9.19. The van der Waals surface area contributed by atoms with E-state index in [1.165, 1.54) is 12.4 Å². The second-order valence-electron chi connectivity index (χ2n) is 2.99. The number of nitrogens with zero attached hydrogens (tertiary/aromatic N) is 1. The summed E-state index contributed by atoms with van der Waals surface area (Å²) in [6.07, 6.45) is 3.37. The van der Waals surface area contributed by atoms with Crippen LogP contribution in [0.4, 0.5) is 0 Å². The molecule has 0 unspecified atom stereocenters. The maximum absolute atomic E-state index is 11.4. The van der Waals surface area contributed by atoms with E-state index in [2.05, 4.69) is 10.3 Å². The lowest BCUT2D eigenvalue weighted by Gasteiger charge is -2.11. The number of carbonyl (C=O) groups is 2. The number of nitrogens with two attached hydrogens (primary N) is 1. The van der Waals surface area contributed by atoms with Crippen molar-refractivity contribution in [1.29, 1.82) is 5.41 Å². The van der Waals surface area contributed by atoms with Gasteiger partial charge in [-0.25, -0.2) is 9.79 Å². The normalized spacial score (nSPS) is 16.6. The molecule has 0 aliphatic carbocycles. The maximum Gasteiger partial charge on any atom is 0.343 e. The first-order valence-electron chi connectivity index (χ1n) is 4.82. The van der Waals surface area contributed by atoms with Crippen LogP contribution in [0, 0.1) is 5.41 Å². The molecule has 7 nitrogen and oxygen atoms in total. The third-order valence-corrected chi connectivity index (χ3v) is 1.88. The van der Waals surface area contributed by atoms with Gasteiger partial charge in [0.25, 0.3) is 5.91 Å². The van der Waals surface area contributed by atoms with E-state index in [1.807, 2.05) is 0 Å². The minimum absolute atomic E-state index is 0.0251. The monoisotopic (exact) mass is 236 g/mol. The largest absolute Gasteiger partial charge is 0.462 e.